The zero-order chi connectivity index (χ0) is 20.9. The van der Waals surface area contributed by atoms with Crippen molar-refractivity contribution in [3.63, 3.8) is 0 Å². The van der Waals surface area contributed by atoms with Gasteiger partial charge in [-0.05, 0) is 64.6 Å². The lowest BCUT2D eigenvalue weighted by atomic mass is 10.2. The van der Waals surface area contributed by atoms with Crippen LogP contribution in [-0.2, 0) is 12.8 Å². The Balaban J connectivity index is 1.59. The van der Waals surface area contributed by atoms with Gasteiger partial charge in [0.25, 0.3) is 0 Å². The molecule has 0 aliphatic rings. The number of nitrogens with one attached hydrogen (secondary N) is 1. The first-order chi connectivity index (χ1) is 13.8. The molecule has 0 saturated heterocycles. The molecular weight excluding hydrogens is 518 g/mol. The van der Waals surface area contributed by atoms with Crippen LogP contribution in [0.25, 0.3) is 0 Å². The second-order valence-electron chi connectivity index (χ2n) is 5.87. The van der Waals surface area contributed by atoms with Gasteiger partial charge in [-0.3, -0.25) is 5.43 Å². The predicted molar refractivity (Wildman–Crippen MR) is 115 cm³/mol. The largest absolute Gasteiger partial charge is 0.488 e. The standard InChI is InChI=1S/C20H14ClF3IN3O/c21-16-4-2-1-3-14(16)12-29-18-7-5-13(9-17(18)25)10-27-28-19-8-6-15(11-26-19)20(22,23)24/h1-11H,12H2,(H,26,28)/b27-10-. The fraction of sp³-hybridized carbons (Fsp3) is 0.100. The first kappa shape index (κ1) is 21.4. The Bertz CT molecular complexity index is 1010. The SMILES string of the molecule is FC(F)(F)c1ccc(N/N=C\c2ccc(OCc3ccccc3Cl)c(I)c2)nc1. The highest BCUT2D eigenvalue weighted by molar-refractivity contribution is 14.1. The third-order valence-electron chi connectivity index (χ3n) is 3.78. The molecular formula is C20H14ClF3IN3O. The summed E-state index contributed by atoms with van der Waals surface area (Å²) in [6.45, 7) is 0.351. The van der Waals surface area contributed by atoms with E-state index < -0.39 is 11.7 Å². The van der Waals surface area contributed by atoms with Crippen molar-refractivity contribution in [1.29, 1.82) is 0 Å². The minimum atomic E-state index is -4.42. The number of hydrogen-bond donors (Lipinski definition) is 1. The minimum Gasteiger partial charge on any atom is -0.488 e. The number of hydrazone groups is 1. The normalized spacial score (nSPS) is 11.6. The molecule has 1 heterocycles. The second kappa shape index (κ2) is 9.45. The number of aromatic nitrogens is 1. The summed E-state index contributed by atoms with van der Waals surface area (Å²) in [5, 5.41) is 4.65. The fourth-order valence-electron chi connectivity index (χ4n) is 2.29. The lowest BCUT2D eigenvalue weighted by Gasteiger charge is -2.10. The number of pyridine rings is 1. The van der Waals surface area contributed by atoms with Crippen LogP contribution in [0.3, 0.4) is 0 Å². The topological polar surface area (TPSA) is 46.5 Å². The maximum Gasteiger partial charge on any atom is 0.417 e. The van der Waals surface area contributed by atoms with E-state index in [1.807, 2.05) is 42.5 Å². The summed E-state index contributed by atoms with van der Waals surface area (Å²) in [5.41, 5.74) is 3.47. The van der Waals surface area contributed by atoms with Gasteiger partial charge in [-0.15, -0.1) is 0 Å². The predicted octanol–water partition coefficient (Wildman–Crippen LogP) is 6.38. The highest BCUT2D eigenvalue weighted by Crippen LogP contribution is 2.29. The molecule has 3 aromatic rings. The smallest absolute Gasteiger partial charge is 0.417 e. The van der Waals surface area contributed by atoms with Gasteiger partial charge in [0.1, 0.15) is 18.2 Å². The molecule has 4 nitrogen and oxygen atoms in total. The molecule has 0 aliphatic heterocycles. The quantitative estimate of drug-likeness (QED) is 0.228. The summed E-state index contributed by atoms with van der Waals surface area (Å²) in [6, 6.07) is 15.1. The molecule has 0 saturated carbocycles. The number of benzene rings is 2. The molecule has 0 radical (unpaired) electrons. The van der Waals surface area contributed by atoms with E-state index in [9.17, 15) is 13.2 Å². The number of anilines is 1. The molecule has 0 fully saturated rings. The average Bonchev–Trinajstić information content (AvgIpc) is 2.68. The monoisotopic (exact) mass is 531 g/mol. The second-order valence-corrected chi connectivity index (χ2v) is 7.44. The van der Waals surface area contributed by atoms with E-state index in [1.165, 1.54) is 6.07 Å². The molecule has 150 valence electrons. The molecule has 1 aromatic heterocycles. The molecule has 9 heteroatoms. The van der Waals surface area contributed by atoms with Gasteiger partial charge in [0.05, 0.1) is 15.3 Å². The van der Waals surface area contributed by atoms with Crippen molar-refractivity contribution < 1.29 is 17.9 Å². The third kappa shape index (κ3) is 6.07. The van der Waals surface area contributed by atoms with Gasteiger partial charge >= 0.3 is 6.18 Å². The van der Waals surface area contributed by atoms with Gasteiger partial charge in [-0.1, -0.05) is 29.8 Å². The Morgan fingerprint density at radius 3 is 2.59 bits per heavy atom. The van der Waals surface area contributed by atoms with Crippen molar-refractivity contribution in [2.24, 2.45) is 5.10 Å². The van der Waals surface area contributed by atoms with Crippen LogP contribution >= 0.6 is 34.2 Å². The van der Waals surface area contributed by atoms with Crippen LogP contribution in [0.5, 0.6) is 5.75 Å². The van der Waals surface area contributed by atoms with E-state index in [-0.39, 0.29) is 5.82 Å². The Labute approximate surface area is 183 Å². The fourth-order valence-corrected chi connectivity index (χ4v) is 3.17. The molecule has 0 amide bonds. The van der Waals surface area contributed by atoms with E-state index in [2.05, 4.69) is 38.1 Å². The zero-order valence-electron chi connectivity index (χ0n) is 14.8. The van der Waals surface area contributed by atoms with Crippen molar-refractivity contribution in [1.82, 2.24) is 4.98 Å². The van der Waals surface area contributed by atoms with E-state index in [1.54, 1.807) is 6.21 Å². The molecule has 0 unspecified atom stereocenters. The van der Waals surface area contributed by atoms with Crippen LogP contribution < -0.4 is 10.2 Å². The van der Waals surface area contributed by atoms with Crippen LogP contribution in [0.4, 0.5) is 19.0 Å². The number of halogens is 5. The molecule has 3 rings (SSSR count). The average molecular weight is 532 g/mol. The van der Waals surface area contributed by atoms with Crippen molar-refractivity contribution >= 4 is 46.2 Å². The van der Waals surface area contributed by atoms with Gasteiger partial charge in [0, 0.05) is 16.8 Å². The first-order valence-electron chi connectivity index (χ1n) is 8.31. The number of hydrogen-bond acceptors (Lipinski definition) is 4. The lowest BCUT2D eigenvalue weighted by molar-refractivity contribution is -0.137. The summed E-state index contributed by atoms with van der Waals surface area (Å²) >= 11 is 8.28. The summed E-state index contributed by atoms with van der Waals surface area (Å²) in [5.74, 6) is 0.920. The van der Waals surface area contributed by atoms with Crippen LogP contribution in [0.1, 0.15) is 16.7 Å². The van der Waals surface area contributed by atoms with E-state index in [0.717, 1.165) is 27.0 Å². The summed E-state index contributed by atoms with van der Waals surface area (Å²) < 4.78 is 44.3. The Hall–Kier alpha value is -2.33. The first-order valence-corrected chi connectivity index (χ1v) is 9.77. The van der Waals surface area contributed by atoms with Gasteiger partial charge in [-0.25, -0.2) is 4.98 Å². The zero-order valence-corrected chi connectivity index (χ0v) is 17.7. The summed E-state index contributed by atoms with van der Waals surface area (Å²) in [4.78, 5) is 3.69. The minimum absolute atomic E-state index is 0.212. The molecule has 29 heavy (non-hydrogen) atoms. The van der Waals surface area contributed by atoms with Crippen LogP contribution in [0, 0.1) is 3.57 Å². The highest BCUT2D eigenvalue weighted by Gasteiger charge is 2.30. The molecule has 2 aromatic carbocycles. The molecule has 1 N–H and O–H groups in total. The van der Waals surface area contributed by atoms with Crippen LogP contribution in [0.15, 0.2) is 65.9 Å². The Morgan fingerprint density at radius 1 is 1.14 bits per heavy atom. The number of rotatable bonds is 6. The molecule has 0 bridgehead atoms. The summed E-state index contributed by atoms with van der Waals surface area (Å²) in [6.07, 6.45) is -2.12. The molecule has 0 atom stereocenters. The third-order valence-corrected chi connectivity index (χ3v) is 4.99. The number of alkyl halides is 3. The van der Waals surface area contributed by atoms with E-state index in [4.69, 9.17) is 16.3 Å². The van der Waals surface area contributed by atoms with E-state index in [0.29, 0.717) is 17.4 Å². The van der Waals surface area contributed by atoms with Gasteiger partial charge in [0.15, 0.2) is 0 Å². The lowest BCUT2D eigenvalue weighted by Crippen LogP contribution is -2.05. The maximum atomic E-state index is 12.5. The van der Waals surface area contributed by atoms with Gasteiger partial charge < -0.3 is 4.74 Å². The van der Waals surface area contributed by atoms with Crippen molar-refractivity contribution in [2.45, 2.75) is 12.8 Å². The molecule has 0 spiro atoms. The molecule has 0 aliphatic carbocycles. The number of nitrogens with zero attached hydrogens (tertiary/aromatic N) is 2. The Kier molecular flexibility index (Phi) is 6.96. The van der Waals surface area contributed by atoms with Crippen molar-refractivity contribution in [2.75, 3.05) is 5.43 Å². The van der Waals surface area contributed by atoms with Crippen molar-refractivity contribution in [3.05, 3.63) is 86.1 Å². The summed E-state index contributed by atoms with van der Waals surface area (Å²) in [7, 11) is 0. The van der Waals surface area contributed by atoms with Gasteiger partial charge in [-0.2, -0.15) is 18.3 Å². The van der Waals surface area contributed by atoms with Crippen LogP contribution in [0.2, 0.25) is 5.02 Å². The van der Waals surface area contributed by atoms with Crippen LogP contribution in [-0.4, -0.2) is 11.2 Å². The number of ether oxygens (including phenoxy) is 1. The van der Waals surface area contributed by atoms with Crippen molar-refractivity contribution in [3.8, 4) is 5.75 Å². The maximum absolute atomic E-state index is 12.5. The highest BCUT2D eigenvalue weighted by atomic mass is 127. The van der Waals surface area contributed by atoms with Gasteiger partial charge in [0.2, 0.25) is 0 Å². The Morgan fingerprint density at radius 2 is 1.93 bits per heavy atom. The van der Waals surface area contributed by atoms with E-state index >= 15 is 0 Å².